The predicted molar refractivity (Wildman–Crippen MR) is 129 cm³/mol. The van der Waals surface area contributed by atoms with Crippen molar-refractivity contribution in [2.75, 3.05) is 32.7 Å². The van der Waals surface area contributed by atoms with Crippen LogP contribution in [-0.4, -0.2) is 61.8 Å². The van der Waals surface area contributed by atoms with Crippen molar-refractivity contribution in [1.29, 1.82) is 0 Å². The molecule has 35 heavy (non-hydrogen) atoms. The molecule has 2 N–H and O–H groups in total. The van der Waals surface area contributed by atoms with Crippen molar-refractivity contribution >= 4 is 5.95 Å². The van der Waals surface area contributed by atoms with Gasteiger partial charge in [0.15, 0.2) is 5.82 Å². The van der Waals surface area contributed by atoms with Crippen LogP contribution in [0.5, 0.6) is 0 Å². The Bertz CT molecular complexity index is 1220. The van der Waals surface area contributed by atoms with Gasteiger partial charge < -0.3 is 19.7 Å². The maximum absolute atomic E-state index is 5.63. The maximum atomic E-state index is 5.63. The second-order valence-electron chi connectivity index (χ2n) is 8.64. The third-order valence-corrected chi connectivity index (χ3v) is 6.15. The summed E-state index contributed by atoms with van der Waals surface area (Å²) in [6, 6.07) is 3.96. The first kappa shape index (κ1) is 24.4. The number of pyridine rings is 1. The van der Waals surface area contributed by atoms with Crippen LogP contribution in [0, 0.1) is 5.92 Å². The zero-order chi connectivity index (χ0) is 24.8. The van der Waals surface area contributed by atoms with E-state index in [0.29, 0.717) is 38.1 Å². The second kappa shape index (κ2) is 10.7. The molecule has 4 heterocycles. The zero-order valence-corrected chi connectivity index (χ0v) is 20.4. The van der Waals surface area contributed by atoms with Gasteiger partial charge >= 0.3 is 0 Å². The molecule has 11 heteroatoms. The number of ether oxygens (including phenoxy) is 2. The molecule has 4 aromatic rings. The first-order valence-electron chi connectivity index (χ1n) is 11.4. The topological polar surface area (TPSA) is 140 Å². The van der Waals surface area contributed by atoms with Gasteiger partial charge in [0.05, 0.1) is 49.2 Å². The monoisotopic (exact) mass is 478 g/mol. The Hall–Kier alpha value is -3.70. The Labute approximate surface area is 203 Å². The molecule has 1 atom stereocenters. The maximum Gasteiger partial charge on any atom is 0.261 e. The normalized spacial score (nSPS) is 13.3. The standard InChI is InChI=1S/C24H30N8O3/c1-16(2)24(3,19-5-6-20(26-14-19)17-11-27-23(25)28-12-17)22-30-21(35-31-22)18-13-29-32(15-18)7-8-34-10-9-33-4/h5-6,11-16H,7-10H2,1-4H3,(H2,25,27,28)/t24-/m0/s1. The average Bonchev–Trinajstić information content (AvgIpc) is 3.54. The number of methoxy groups -OCH3 is 1. The molecule has 0 saturated heterocycles. The van der Waals surface area contributed by atoms with Gasteiger partial charge in [-0.1, -0.05) is 25.1 Å². The van der Waals surface area contributed by atoms with Crippen molar-refractivity contribution in [3.05, 3.63) is 54.5 Å². The lowest BCUT2D eigenvalue weighted by Crippen LogP contribution is -2.31. The minimum Gasteiger partial charge on any atom is -0.382 e. The highest BCUT2D eigenvalue weighted by molar-refractivity contribution is 5.58. The molecule has 0 radical (unpaired) electrons. The lowest BCUT2D eigenvalue weighted by atomic mass is 9.73. The Kier molecular flexibility index (Phi) is 7.47. The van der Waals surface area contributed by atoms with Crippen LogP contribution in [-0.2, 0) is 21.4 Å². The number of nitrogens with zero attached hydrogens (tertiary/aromatic N) is 7. The van der Waals surface area contributed by atoms with Gasteiger partial charge in [0.1, 0.15) is 0 Å². The van der Waals surface area contributed by atoms with Crippen LogP contribution in [0.2, 0.25) is 0 Å². The van der Waals surface area contributed by atoms with E-state index in [1.54, 1.807) is 30.4 Å². The van der Waals surface area contributed by atoms with Crippen LogP contribution in [0.25, 0.3) is 22.7 Å². The van der Waals surface area contributed by atoms with Gasteiger partial charge in [-0.2, -0.15) is 10.1 Å². The molecule has 0 bridgehead atoms. The summed E-state index contributed by atoms with van der Waals surface area (Å²) in [4.78, 5) is 17.4. The largest absolute Gasteiger partial charge is 0.382 e. The molecule has 0 saturated carbocycles. The number of nitrogens with two attached hydrogens (primary N) is 1. The number of rotatable bonds is 11. The molecular formula is C24H30N8O3. The number of hydrogen-bond donors (Lipinski definition) is 1. The third-order valence-electron chi connectivity index (χ3n) is 6.15. The highest BCUT2D eigenvalue weighted by atomic mass is 16.5. The summed E-state index contributed by atoms with van der Waals surface area (Å²) in [5.41, 5.74) is 8.35. The highest BCUT2D eigenvalue weighted by Gasteiger charge is 2.38. The van der Waals surface area contributed by atoms with Crippen LogP contribution >= 0.6 is 0 Å². The van der Waals surface area contributed by atoms with E-state index in [0.717, 1.165) is 22.4 Å². The molecular weight excluding hydrogens is 448 g/mol. The van der Waals surface area contributed by atoms with Crippen LogP contribution in [0.15, 0.2) is 47.6 Å². The van der Waals surface area contributed by atoms with Gasteiger partial charge in [-0.25, -0.2) is 9.97 Å². The summed E-state index contributed by atoms with van der Waals surface area (Å²) in [6.45, 7) is 8.61. The summed E-state index contributed by atoms with van der Waals surface area (Å²) >= 11 is 0. The van der Waals surface area contributed by atoms with Crippen molar-refractivity contribution in [1.82, 2.24) is 34.9 Å². The fraction of sp³-hybridized carbons (Fsp3) is 0.417. The van der Waals surface area contributed by atoms with Crippen LogP contribution < -0.4 is 5.73 Å². The Morgan fingerprint density at radius 3 is 2.51 bits per heavy atom. The smallest absolute Gasteiger partial charge is 0.261 e. The molecule has 0 aliphatic heterocycles. The first-order valence-corrected chi connectivity index (χ1v) is 11.4. The SMILES string of the molecule is COCCOCCn1cc(-c2nc([C@](C)(c3ccc(-c4cnc(N)nc4)nc3)C(C)C)no2)cn1. The number of hydrogen-bond acceptors (Lipinski definition) is 10. The molecule has 0 fully saturated rings. The number of nitrogen functional groups attached to an aromatic ring is 1. The van der Waals surface area contributed by atoms with Gasteiger partial charge in [0, 0.05) is 37.5 Å². The van der Waals surface area contributed by atoms with Crippen molar-refractivity contribution in [3.8, 4) is 22.7 Å². The van der Waals surface area contributed by atoms with Crippen LogP contribution in [0.1, 0.15) is 32.2 Å². The van der Waals surface area contributed by atoms with E-state index < -0.39 is 5.41 Å². The van der Waals surface area contributed by atoms with E-state index in [4.69, 9.17) is 24.7 Å². The lowest BCUT2D eigenvalue weighted by Gasteiger charge is -2.30. The van der Waals surface area contributed by atoms with E-state index >= 15 is 0 Å². The van der Waals surface area contributed by atoms with Crippen molar-refractivity contribution in [2.45, 2.75) is 32.7 Å². The fourth-order valence-corrected chi connectivity index (χ4v) is 3.61. The summed E-state index contributed by atoms with van der Waals surface area (Å²) in [5.74, 6) is 1.41. The quantitative estimate of drug-likeness (QED) is 0.320. The van der Waals surface area contributed by atoms with E-state index in [9.17, 15) is 0 Å². The zero-order valence-electron chi connectivity index (χ0n) is 20.4. The predicted octanol–water partition coefficient (Wildman–Crippen LogP) is 2.99. The van der Waals surface area contributed by atoms with Crippen molar-refractivity contribution in [2.24, 2.45) is 5.92 Å². The number of anilines is 1. The van der Waals surface area contributed by atoms with Gasteiger partial charge in [0.25, 0.3) is 5.89 Å². The van der Waals surface area contributed by atoms with Crippen LogP contribution in [0.3, 0.4) is 0 Å². The molecule has 0 aliphatic rings. The molecule has 0 amide bonds. The average molecular weight is 479 g/mol. The summed E-state index contributed by atoms with van der Waals surface area (Å²) in [5, 5.41) is 8.70. The van der Waals surface area contributed by atoms with E-state index in [1.807, 2.05) is 24.5 Å². The lowest BCUT2D eigenvalue weighted by molar-refractivity contribution is 0.0654. The van der Waals surface area contributed by atoms with Crippen molar-refractivity contribution in [3.63, 3.8) is 0 Å². The first-order chi connectivity index (χ1) is 16.9. The Balaban J connectivity index is 1.52. The van der Waals surface area contributed by atoms with E-state index in [1.165, 1.54) is 0 Å². The molecule has 184 valence electrons. The molecule has 4 aromatic heterocycles. The van der Waals surface area contributed by atoms with E-state index in [-0.39, 0.29) is 11.9 Å². The summed E-state index contributed by atoms with van der Waals surface area (Å²) < 4.78 is 17.9. The Morgan fingerprint density at radius 1 is 1.03 bits per heavy atom. The molecule has 0 aromatic carbocycles. The minimum absolute atomic E-state index is 0.174. The molecule has 0 unspecified atom stereocenters. The molecule has 0 spiro atoms. The third kappa shape index (κ3) is 5.36. The van der Waals surface area contributed by atoms with Crippen molar-refractivity contribution < 1.29 is 14.0 Å². The summed E-state index contributed by atoms with van der Waals surface area (Å²) in [6.07, 6.45) is 8.73. The number of aromatic nitrogens is 7. The summed E-state index contributed by atoms with van der Waals surface area (Å²) in [7, 11) is 1.65. The van der Waals surface area contributed by atoms with Gasteiger partial charge in [-0.05, 0) is 24.5 Å². The van der Waals surface area contributed by atoms with Crippen LogP contribution in [0.4, 0.5) is 5.95 Å². The van der Waals surface area contributed by atoms with Gasteiger partial charge in [-0.15, -0.1) is 0 Å². The Morgan fingerprint density at radius 2 is 1.83 bits per heavy atom. The molecule has 0 aliphatic carbocycles. The minimum atomic E-state index is -0.518. The second-order valence-corrected chi connectivity index (χ2v) is 8.64. The van der Waals surface area contributed by atoms with Gasteiger partial charge in [-0.3, -0.25) is 9.67 Å². The molecule has 4 rings (SSSR count). The van der Waals surface area contributed by atoms with E-state index in [2.05, 4.69) is 46.0 Å². The highest BCUT2D eigenvalue weighted by Crippen LogP contribution is 2.38. The van der Waals surface area contributed by atoms with Gasteiger partial charge in [0.2, 0.25) is 5.95 Å². The fourth-order valence-electron chi connectivity index (χ4n) is 3.61. The molecule has 11 nitrogen and oxygen atoms in total.